The SMILES string of the molecule is O=c1onc(-c2ccccc2)n1CC(O)CN1CC2CCCC2C1. The fourth-order valence-corrected chi connectivity index (χ4v) is 4.27. The fourth-order valence-electron chi connectivity index (χ4n) is 4.27. The molecule has 6 heteroatoms. The second-order valence-corrected chi connectivity index (χ2v) is 7.07. The average molecular weight is 329 g/mol. The summed E-state index contributed by atoms with van der Waals surface area (Å²) in [6.07, 6.45) is 3.38. The maximum Gasteiger partial charge on any atom is 0.441 e. The molecular weight excluding hydrogens is 306 g/mol. The van der Waals surface area contributed by atoms with E-state index in [1.807, 2.05) is 30.3 Å². The van der Waals surface area contributed by atoms with E-state index >= 15 is 0 Å². The number of aliphatic hydroxyl groups is 1. The molecular formula is C18H23N3O3. The lowest BCUT2D eigenvalue weighted by Crippen LogP contribution is -2.35. The maximum atomic E-state index is 12.0. The summed E-state index contributed by atoms with van der Waals surface area (Å²) in [5.74, 6) is 1.55. The molecule has 2 fully saturated rings. The van der Waals surface area contributed by atoms with Crippen molar-refractivity contribution >= 4 is 0 Å². The molecule has 2 heterocycles. The maximum absolute atomic E-state index is 12.0. The van der Waals surface area contributed by atoms with Gasteiger partial charge in [0.25, 0.3) is 0 Å². The van der Waals surface area contributed by atoms with E-state index in [4.69, 9.17) is 4.52 Å². The fraction of sp³-hybridized carbons (Fsp3) is 0.556. The van der Waals surface area contributed by atoms with Gasteiger partial charge in [-0.2, -0.15) is 0 Å². The van der Waals surface area contributed by atoms with Gasteiger partial charge in [0.15, 0.2) is 5.82 Å². The van der Waals surface area contributed by atoms with Gasteiger partial charge >= 0.3 is 5.76 Å². The summed E-state index contributed by atoms with van der Waals surface area (Å²) in [5, 5.41) is 14.3. The van der Waals surface area contributed by atoms with Crippen LogP contribution in [0, 0.1) is 11.8 Å². The summed E-state index contributed by atoms with van der Waals surface area (Å²) in [5.41, 5.74) is 0.811. The third kappa shape index (κ3) is 3.03. The number of aromatic nitrogens is 2. The lowest BCUT2D eigenvalue weighted by Gasteiger charge is -2.21. The number of nitrogens with zero attached hydrogens (tertiary/aromatic N) is 3. The van der Waals surface area contributed by atoms with Crippen molar-refractivity contribution in [1.82, 2.24) is 14.6 Å². The highest BCUT2D eigenvalue weighted by molar-refractivity contribution is 5.54. The van der Waals surface area contributed by atoms with Crippen molar-refractivity contribution in [3.05, 3.63) is 40.9 Å². The van der Waals surface area contributed by atoms with Crippen LogP contribution >= 0.6 is 0 Å². The van der Waals surface area contributed by atoms with Gasteiger partial charge in [0.1, 0.15) is 0 Å². The van der Waals surface area contributed by atoms with Gasteiger partial charge in [-0.1, -0.05) is 41.9 Å². The molecule has 1 saturated heterocycles. The second-order valence-electron chi connectivity index (χ2n) is 7.07. The van der Waals surface area contributed by atoms with Crippen LogP contribution in [0.5, 0.6) is 0 Å². The van der Waals surface area contributed by atoms with Gasteiger partial charge in [0.05, 0.1) is 12.6 Å². The zero-order valence-corrected chi connectivity index (χ0v) is 13.7. The normalized spacial score (nSPS) is 25.0. The molecule has 1 aromatic carbocycles. The predicted molar refractivity (Wildman–Crippen MR) is 89.5 cm³/mol. The van der Waals surface area contributed by atoms with E-state index in [2.05, 4.69) is 10.1 Å². The third-order valence-electron chi connectivity index (χ3n) is 5.38. The van der Waals surface area contributed by atoms with E-state index in [9.17, 15) is 9.90 Å². The number of β-amino-alcohol motifs (C(OH)–C–C–N with tert-alkyl or cyclic N) is 1. The lowest BCUT2D eigenvalue weighted by molar-refractivity contribution is 0.104. The first kappa shape index (κ1) is 15.6. The third-order valence-corrected chi connectivity index (χ3v) is 5.38. The Morgan fingerprint density at radius 1 is 1.17 bits per heavy atom. The van der Waals surface area contributed by atoms with Crippen LogP contribution in [-0.2, 0) is 6.54 Å². The Bertz CT molecular complexity index is 727. The summed E-state index contributed by atoms with van der Waals surface area (Å²) in [6, 6.07) is 9.44. The van der Waals surface area contributed by atoms with Crippen LogP contribution in [0.4, 0.5) is 0 Å². The van der Waals surface area contributed by atoms with Crippen molar-refractivity contribution in [2.75, 3.05) is 19.6 Å². The number of rotatable bonds is 5. The Labute approximate surface area is 140 Å². The number of aliphatic hydroxyl groups excluding tert-OH is 1. The summed E-state index contributed by atoms with van der Waals surface area (Å²) >= 11 is 0. The van der Waals surface area contributed by atoms with Crippen LogP contribution in [0.25, 0.3) is 11.4 Å². The van der Waals surface area contributed by atoms with Crippen molar-refractivity contribution in [3.63, 3.8) is 0 Å². The highest BCUT2D eigenvalue weighted by Crippen LogP contribution is 2.37. The molecule has 4 rings (SSSR count). The Hall–Kier alpha value is -1.92. The zero-order chi connectivity index (χ0) is 16.5. The van der Waals surface area contributed by atoms with E-state index in [-0.39, 0.29) is 6.54 Å². The van der Waals surface area contributed by atoms with Crippen molar-refractivity contribution in [2.45, 2.75) is 31.9 Å². The van der Waals surface area contributed by atoms with E-state index in [0.717, 1.165) is 30.5 Å². The molecule has 0 bridgehead atoms. The van der Waals surface area contributed by atoms with E-state index in [1.54, 1.807) is 0 Å². The molecule has 1 aromatic heterocycles. The van der Waals surface area contributed by atoms with Crippen LogP contribution in [0.1, 0.15) is 19.3 Å². The number of benzene rings is 1. The summed E-state index contributed by atoms with van der Waals surface area (Å²) < 4.78 is 6.24. The topological polar surface area (TPSA) is 71.5 Å². The Morgan fingerprint density at radius 3 is 2.58 bits per heavy atom. The summed E-state index contributed by atoms with van der Waals surface area (Å²) in [7, 11) is 0. The lowest BCUT2D eigenvalue weighted by atomic mass is 10.0. The van der Waals surface area contributed by atoms with E-state index < -0.39 is 11.9 Å². The first-order valence-electron chi connectivity index (χ1n) is 8.73. The monoisotopic (exact) mass is 329 g/mol. The van der Waals surface area contributed by atoms with Gasteiger partial charge in [-0.05, 0) is 24.7 Å². The number of hydrogen-bond donors (Lipinski definition) is 1. The van der Waals surface area contributed by atoms with E-state index in [1.165, 1.54) is 23.8 Å². The van der Waals surface area contributed by atoms with Crippen LogP contribution in [0.3, 0.4) is 0 Å². The Kier molecular flexibility index (Phi) is 4.24. The molecule has 0 radical (unpaired) electrons. The van der Waals surface area contributed by atoms with Crippen molar-refractivity contribution in [2.24, 2.45) is 11.8 Å². The molecule has 3 atom stereocenters. The van der Waals surface area contributed by atoms with Gasteiger partial charge in [-0.15, -0.1) is 0 Å². The molecule has 1 N–H and O–H groups in total. The first-order chi connectivity index (χ1) is 11.7. The number of likely N-dealkylation sites (tertiary alicyclic amines) is 1. The molecule has 2 aromatic rings. The minimum atomic E-state index is -0.608. The molecule has 0 spiro atoms. The molecule has 128 valence electrons. The Morgan fingerprint density at radius 2 is 1.88 bits per heavy atom. The molecule has 24 heavy (non-hydrogen) atoms. The van der Waals surface area contributed by atoms with Crippen LogP contribution < -0.4 is 5.76 Å². The molecule has 1 aliphatic carbocycles. The van der Waals surface area contributed by atoms with Crippen molar-refractivity contribution < 1.29 is 9.63 Å². The largest absolute Gasteiger partial charge is 0.441 e. The molecule has 0 amide bonds. The molecule has 1 aliphatic heterocycles. The number of hydrogen-bond acceptors (Lipinski definition) is 5. The molecule has 1 saturated carbocycles. The van der Waals surface area contributed by atoms with Crippen LogP contribution in [0.15, 0.2) is 39.6 Å². The summed E-state index contributed by atoms with van der Waals surface area (Å²) in [6.45, 7) is 2.95. The quantitative estimate of drug-likeness (QED) is 0.902. The molecule has 2 aliphatic rings. The van der Waals surface area contributed by atoms with Gasteiger partial charge in [0.2, 0.25) is 0 Å². The zero-order valence-electron chi connectivity index (χ0n) is 13.7. The second kappa shape index (κ2) is 6.53. The van der Waals surface area contributed by atoms with Crippen LogP contribution in [-0.4, -0.2) is 45.5 Å². The summed E-state index contributed by atoms with van der Waals surface area (Å²) in [4.78, 5) is 14.3. The molecule has 3 unspecified atom stereocenters. The minimum absolute atomic E-state index is 0.207. The van der Waals surface area contributed by atoms with Crippen molar-refractivity contribution in [3.8, 4) is 11.4 Å². The van der Waals surface area contributed by atoms with Gasteiger partial charge in [-0.3, -0.25) is 9.09 Å². The van der Waals surface area contributed by atoms with Gasteiger partial charge in [0, 0.05) is 25.2 Å². The minimum Gasteiger partial charge on any atom is -0.390 e. The first-order valence-corrected chi connectivity index (χ1v) is 8.73. The van der Waals surface area contributed by atoms with Crippen molar-refractivity contribution in [1.29, 1.82) is 0 Å². The van der Waals surface area contributed by atoms with E-state index in [0.29, 0.717) is 12.4 Å². The van der Waals surface area contributed by atoms with Gasteiger partial charge < -0.3 is 10.0 Å². The highest BCUT2D eigenvalue weighted by Gasteiger charge is 2.36. The standard InChI is InChI=1S/C18H23N3O3/c22-16(11-20-9-14-7-4-8-15(14)10-20)12-21-17(19-24-18(21)23)13-5-2-1-3-6-13/h1-3,5-6,14-16,22H,4,7-12H2. The van der Waals surface area contributed by atoms with Gasteiger partial charge in [-0.25, -0.2) is 4.79 Å². The average Bonchev–Trinajstić information content (AvgIpc) is 3.24. The highest BCUT2D eigenvalue weighted by atomic mass is 16.5. The van der Waals surface area contributed by atoms with Crippen LogP contribution in [0.2, 0.25) is 0 Å². The predicted octanol–water partition coefficient (Wildman–Crippen LogP) is 1.60. The molecule has 6 nitrogen and oxygen atoms in total. The Balaban J connectivity index is 1.44. The number of fused-ring (bicyclic) bond motifs is 1. The smallest absolute Gasteiger partial charge is 0.390 e.